The number of H-pyrrole nitrogens is 1. The van der Waals surface area contributed by atoms with Crippen LogP contribution in [0.5, 0.6) is 0 Å². The number of amides is 1. The average Bonchev–Trinajstić information content (AvgIpc) is 3.11. The molecule has 2 aromatic carbocycles. The minimum absolute atomic E-state index is 0.182. The van der Waals surface area contributed by atoms with Gasteiger partial charge < -0.3 is 9.72 Å². The van der Waals surface area contributed by atoms with E-state index in [0.717, 1.165) is 15.8 Å². The first-order valence-electron chi connectivity index (χ1n) is 9.40. The highest BCUT2D eigenvalue weighted by atomic mass is 32.1. The number of aryl methyl sites for hydroxylation is 1. The van der Waals surface area contributed by atoms with Crippen molar-refractivity contribution in [1.82, 2.24) is 14.5 Å². The molecule has 4 rings (SSSR count). The smallest absolute Gasteiger partial charge is 0.262 e. The molecule has 0 unspecified atom stereocenters. The van der Waals surface area contributed by atoms with Crippen molar-refractivity contribution in [3.63, 3.8) is 0 Å². The molecule has 0 atom stereocenters. The van der Waals surface area contributed by atoms with E-state index in [0.29, 0.717) is 45.9 Å². The number of aromatic nitrogens is 3. The second-order valence-electron chi connectivity index (χ2n) is 6.94. The molecule has 30 heavy (non-hydrogen) atoms. The van der Waals surface area contributed by atoms with Gasteiger partial charge in [-0.25, -0.2) is 4.98 Å². The maximum Gasteiger partial charge on any atom is 0.262 e. The van der Waals surface area contributed by atoms with Crippen molar-refractivity contribution >= 4 is 55.7 Å². The Hall–Kier alpha value is -2.88. The topological polar surface area (TPSA) is 89.0 Å². The van der Waals surface area contributed by atoms with E-state index in [1.165, 1.54) is 15.9 Å². The molecule has 0 aliphatic rings. The van der Waals surface area contributed by atoms with Crippen molar-refractivity contribution in [3.8, 4) is 0 Å². The highest BCUT2D eigenvalue weighted by Crippen LogP contribution is 2.27. The Bertz CT molecular complexity index is 1370. The quantitative estimate of drug-likeness (QED) is 0.345. The van der Waals surface area contributed by atoms with E-state index >= 15 is 0 Å². The van der Waals surface area contributed by atoms with Crippen molar-refractivity contribution in [2.75, 3.05) is 19.0 Å². The van der Waals surface area contributed by atoms with Gasteiger partial charge in [0.15, 0.2) is 9.90 Å². The standard InChI is InChI=1S/C21H20N4O3S2/c1-12-4-7-15-17(10-12)30-20(22-15)24-18(26)13-5-6-14-16(11-13)23-21(29)25(19(14)27)8-3-9-28-2/h4-7,10-11H,3,8-9H2,1-2H3,(H,23,29)(H,22,24,26). The van der Waals surface area contributed by atoms with Gasteiger partial charge in [0.1, 0.15) is 0 Å². The SMILES string of the molecule is COCCCn1c(=S)[nH]c2cc(C(=O)Nc3nc4ccc(C)cc4s3)ccc2c1=O. The highest BCUT2D eigenvalue weighted by molar-refractivity contribution is 7.71. The Morgan fingerprint density at radius 1 is 1.30 bits per heavy atom. The van der Waals surface area contributed by atoms with E-state index in [1.54, 1.807) is 25.3 Å². The van der Waals surface area contributed by atoms with Gasteiger partial charge in [-0.3, -0.25) is 19.5 Å². The fraction of sp³-hybridized carbons (Fsp3) is 0.238. The Kier molecular flexibility index (Phi) is 5.76. The number of ether oxygens (including phenoxy) is 1. The largest absolute Gasteiger partial charge is 0.385 e. The first-order valence-corrected chi connectivity index (χ1v) is 10.6. The van der Waals surface area contributed by atoms with Gasteiger partial charge in [-0.1, -0.05) is 17.4 Å². The minimum Gasteiger partial charge on any atom is -0.385 e. The van der Waals surface area contributed by atoms with Crippen molar-refractivity contribution in [3.05, 3.63) is 62.6 Å². The molecule has 0 aliphatic heterocycles. The fourth-order valence-electron chi connectivity index (χ4n) is 3.22. The van der Waals surface area contributed by atoms with Crippen molar-refractivity contribution in [2.45, 2.75) is 19.9 Å². The Labute approximate surface area is 181 Å². The predicted molar refractivity (Wildman–Crippen MR) is 122 cm³/mol. The molecular formula is C21H20N4O3S2. The molecule has 0 saturated carbocycles. The second kappa shape index (κ2) is 8.47. The number of nitrogens with one attached hydrogen (secondary N) is 2. The molecule has 0 radical (unpaired) electrons. The van der Waals surface area contributed by atoms with Crippen LogP contribution in [0, 0.1) is 11.7 Å². The van der Waals surface area contributed by atoms with Crippen LogP contribution < -0.4 is 10.9 Å². The third kappa shape index (κ3) is 4.04. The third-order valence-corrected chi connectivity index (χ3v) is 5.99. The number of thiazole rings is 1. The van der Waals surface area contributed by atoms with E-state index in [4.69, 9.17) is 17.0 Å². The van der Waals surface area contributed by atoms with Gasteiger partial charge in [0, 0.05) is 25.8 Å². The Morgan fingerprint density at radius 3 is 2.93 bits per heavy atom. The van der Waals surface area contributed by atoms with E-state index in [1.807, 2.05) is 25.1 Å². The zero-order chi connectivity index (χ0) is 21.3. The molecule has 4 aromatic rings. The van der Waals surface area contributed by atoms with Crippen LogP contribution in [-0.4, -0.2) is 34.2 Å². The van der Waals surface area contributed by atoms with Crippen LogP contribution in [0.4, 0.5) is 5.13 Å². The van der Waals surface area contributed by atoms with Crippen LogP contribution in [-0.2, 0) is 11.3 Å². The maximum absolute atomic E-state index is 12.8. The Balaban J connectivity index is 1.62. The number of nitrogens with zero attached hydrogens (tertiary/aromatic N) is 2. The van der Waals surface area contributed by atoms with Gasteiger partial charge in [0.05, 0.1) is 21.1 Å². The summed E-state index contributed by atoms with van der Waals surface area (Å²) in [7, 11) is 1.62. The number of benzene rings is 2. The monoisotopic (exact) mass is 440 g/mol. The van der Waals surface area contributed by atoms with Crippen molar-refractivity contribution < 1.29 is 9.53 Å². The molecule has 0 bridgehead atoms. The number of methoxy groups -OCH3 is 1. The third-order valence-electron chi connectivity index (χ3n) is 4.74. The second-order valence-corrected chi connectivity index (χ2v) is 8.36. The summed E-state index contributed by atoms with van der Waals surface area (Å²) in [6.07, 6.45) is 0.682. The van der Waals surface area contributed by atoms with Gasteiger partial charge >= 0.3 is 0 Å². The lowest BCUT2D eigenvalue weighted by atomic mass is 10.1. The molecule has 7 nitrogen and oxygen atoms in total. The summed E-state index contributed by atoms with van der Waals surface area (Å²) in [5.74, 6) is -0.295. The van der Waals surface area contributed by atoms with Crippen LogP contribution >= 0.6 is 23.6 Å². The molecule has 1 amide bonds. The van der Waals surface area contributed by atoms with Gasteiger partial charge in [0.2, 0.25) is 0 Å². The molecule has 2 aromatic heterocycles. The molecule has 0 fully saturated rings. The van der Waals surface area contributed by atoms with Crippen molar-refractivity contribution in [1.29, 1.82) is 0 Å². The van der Waals surface area contributed by atoms with Crippen LogP contribution in [0.1, 0.15) is 22.3 Å². The number of hydrogen-bond donors (Lipinski definition) is 2. The molecule has 0 spiro atoms. The molecular weight excluding hydrogens is 420 g/mol. The summed E-state index contributed by atoms with van der Waals surface area (Å²) in [6.45, 7) is 3.03. The van der Waals surface area contributed by atoms with Gasteiger partial charge in [-0.15, -0.1) is 0 Å². The van der Waals surface area contributed by atoms with Crippen LogP contribution in [0.3, 0.4) is 0 Å². The maximum atomic E-state index is 12.8. The van der Waals surface area contributed by atoms with Crippen LogP contribution in [0.25, 0.3) is 21.1 Å². The predicted octanol–water partition coefficient (Wildman–Crippen LogP) is 4.27. The van der Waals surface area contributed by atoms with Gasteiger partial charge in [0.25, 0.3) is 11.5 Å². The summed E-state index contributed by atoms with van der Waals surface area (Å²) >= 11 is 6.76. The van der Waals surface area contributed by atoms with E-state index < -0.39 is 0 Å². The zero-order valence-corrected chi connectivity index (χ0v) is 18.2. The van der Waals surface area contributed by atoms with Crippen LogP contribution in [0.2, 0.25) is 0 Å². The van der Waals surface area contributed by atoms with E-state index in [-0.39, 0.29) is 11.5 Å². The highest BCUT2D eigenvalue weighted by Gasteiger charge is 2.13. The number of hydrogen-bond acceptors (Lipinski definition) is 6. The number of fused-ring (bicyclic) bond motifs is 2. The first kappa shape index (κ1) is 20.4. The summed E-state index contributed by atoms with van der Waals surface area (Å²) in [5.41, 5.74) is 2.75. The van der Waals surface area contributed by atoms with Gasteiger partial charge in [-0.05, 0) is 61.5 Å². The van der Waals surface area contributed by atoms with E-state index in [2.05, 4.69) is 15.3 Å². The van der Waals surface area contributed by atoms with Gasteiger partial charge in [-0.2, -0.15) is 0 Å². The molecule has 0 aliphatic carbocycles. The number of rotatable bonds is 6. The lowest BCUT2D eigenvalue weighted by molar-refractivity contribution is 0.102. The molecule has 2 N–H and O–H groups in total. The van der Waals surface area contributed by atoms with E-state index in [9.17, 15) is 9.59 Å². The summed E-state index contributed by atoms with van der Waals surface area (Å²) in [4.78, 5) is 33.0. The lowest BCUT2D eigenvalue weighted by Crippen LogP contribution is -2.23. The fourth-order valence-corrected chi connectivity index (χ4v) is 4.46. The number of anilines is 1. The molecule has 9 heteroatoms. The normalized spacial score (nSPS) is 11.3. The summed E-state index contributed by atoms with van der Waals surface area (Å²) in [6, 6.07) is 10.9. The molecule has 154 valence electrons. The van der Waals surface area contributed by atoms with Crippen LogP contribution in [0.15, 0.2) is 41.2 Å². The van der Waals surface area contributed by atoms with Crippen molar-refractivity contribution in [2.24, 2.45) is 0 Å². The zero-order valence-electron chi connectivity index (χ0n) is 16.5. The Morgan fingerprint density at radius 2 is 2.13 bits per heavy atom. The lowest BCUT2D eigenvalue weighted by Gasteiger charge is -2.09. The minimum atomic E-state index is -0.295. The number of aromatic amines is 1. The summed E-state index contributed by atoms with van der Waals surface area (Å²) in [5, 5.41) is 3.85. The number of carbonyl (C=O) groups excluding carboxylic acids is 1. The first-order chi connectivity index (χ1) is 14.5. The average molecular weight is 441 g/mol. The molecule has 0 saturated heterocycles. The summed E-state index contributed by atoms with van der Waals surface area (Å²) < 4.78 is 7.89. The number of carbonyl (C=O) groups is 1. The molecule has 2 heterocycles.